The number of aryl methyl sites for hydroxylation is 2. The fourth-order valence-corrected chi connectivity index (χ4v) is 1.78. The van der Waals surface area contributed by atoms with Crippen molar-refractivity contribution in [3.05, 3.63) is 29.2 Å². The Balaban J connectivity index is 2.30. The molecular weight excluding hydrogens is 244 g/mol. The van der Waals surface area contributed by atoms with Crippen LogP contribution in [0.25, 0.3) is 5.65 Å². The van der Waals surface area contributed by atoms with Crippen molar-refractivity contribution in [3.8, 4) is 0 Å². The van der Waals surface area contributed by atoms with Crippen LogP contribution >= 0.6 is 0 Å². The number of hydrogen-bond acceptors (Lipinski definition) is 4. The third-order valence-electron chi connectivity index (χ3n) is 2.77. The van der Waals surface area contributed by atoms with Gasteiger partial charge in [-0.25, -0.2) is 9.50 Å². The highest BCUT2D eigenvalue weighted by atomic mass is 16.3. The van der Waals surface area contributed by atoms with Crippen LogP contribution in [0.5, 0.6) is 0 Å². The van der Waals surface area contributed by atoms with Crippen LogP contribution in [0, 0.1) is 13.8 Å². The highest BCUT2D eigenvalue weighted by molar-refractivity contribution is 5.95. The minimum absolute atomic E-state index is 0.182. The van der Waals surface area contributed by atoms with Gasteiger partial charge in [-0.05, 0) is 27.7 Å². The van der Waals surface area contributed by atoms with Crippen molar-refractivity contribution in [2.75, 3.05) is 6.54 Å². The number of aromatic nitrogens is 3. The molecule has 2 rings (SSSR count). The zero-order chi connectivity index (χ0) is 14.2. The molecule has 2 N–H and O–H groups in total. The number of aliphatic hydroxyl groups is 1. The zero-order valence-corrected chi connectivity index (χ0v) is 11.6. The number of carbonyl (C=O) groups excluding carboxylic acids is 1. The summed E-state index contributed by atoms with van der Waals surface area (Å²) in [5, 5.41) is 16.6. The van der Waals surface area contributed by atoms with Crippen molar-refractivity contribution in [1.29, 1.82) is 0 Å². The van der Waals surface area contributed by atoms with Crippen LogP contribution in [0.1, 0.15) is 35.6 Å². The number of fused-ring (bicyclic) bond motifs is 1. The van der Waals surface area contributed by atoms with Gasteiger partial charge in [-0.1, -0.05) is 0 Å². The smallest absolute Gasteiger partial charge is 0.254 e. The summed E-state index contributed by atoms with van der Waals surface area (Å²) < 4.78 is 1.65. The Morgan fingerprint density at radius 2 is 2.16 bits per heavy atom. The number of hydrogen-bond donors (Lipinski definition) is 2. The van der Waals surface area contributed by atoms with Crippen molar-refractivity contribution in [2.24, 2.45) is 0 Å². The first kappa shape index (κ1) is 13.5. The Bertz CT molecular complexity index is 625. The number of carbonyl (C=O) groups is 1. The molecule has 0 aliphatic rings. The highest BCUT2D eigenvalue weighted by Crippen LogP contribution is 2.11. The fourth-order valence-electron chi connectivity index (χ4n) is 1.78. The molecule has 0 aliphatic heterocycles. The summed E-state index contributed by atoms with van der Waals surface area (Å²) in [5.74, 6) is -0.262. The fraction of sp³-hybridized carbons (Fsp3) is 0.462. The molecule has 2 heterocycles. The van der Waals surface area contributed by atoms with E-state index in [0.717, 1.165) is 11.4 Å². The van der Waals surface area contributed by atoms with Crippen molar-refractivity contribution in [3.63, 3.8) is 0 Å². The third kappa shape index (κ3) is 2.90. The predicted molar refractivity (Wildman–Crippen MR) is 71.1 cm³/mol. The quantitative estimate of drug-likeness (QED) is 0.859. The Hall–Kier alpha value is -1.95. The lowest BCUT2D eigenvalue weighted by Crippen LogP contribution is -2.38. The highest BCUT2D eigenvalue weighted by Gasteiger charge is 2.17. The second kappa shape index (κ2) is 4.62. The van der Waals surface area contributed by atoms with Gasteiger partial charge in [0.25, 0.3) is 5.91 Å². The van der Waals surface area contributed by atoms with Gasteiger partial charge in [-0.2, -0.15) is 5.10 Å². The first-order chi connectivity index (χ1) is 8.78. The molecule has 0 fully saturated rings. The first-order valence-electron chi connectivity index (χ1n) is 6.10. The summed E-state index contributed by atoms with van der Waals surface area (Å²) in [7, 11) is 0. The minimum atomic E-state index is -0.941. The lowest BCUT2D eigenvalue weighted by Gasteiger charge is -2.18. The van der Waals surface area contributed by atoms with Gasteiger partial charge >= 0.3 is 0 Å². The van der Waals surface area contributed by atoms with Gasteiger partial charge in [0.2, 0.25) is 0 Å². The molecule has 0 radical (unpaired) electrons. The molecule has 0 atom stereocenters. The number of amides is 1. The molecule has 0 aliphatic carbocycles. The van der Waals surface area contributed by atoms with Gasteiger partial charge in [0.05, 0.1) is 22.6 Å². The van der Waals surface area contributed by atoms with Gasteiger partial charge in [-0.3, -0.25) is 4.79 Å². The Morgan fingerprint density at radius 1 is 1.47 bits per heavy atom. The summed E-state index contributed by atoms with van der Waals surface area (Å²) >= 11 is 0. The number of nitrogens with zero attached hydrogens (tertiary/aromatic N) is 3. The Labute approximate surface area is 111 Å². The van der Waals surface area contributed by atoms with Crippen molar-refractivity contribution in [2.45, 2.75) is 33.3 Å². The van der Waals surface area contributed by atoms with Gasteiger partial charge in [-0.15, -0.1) is 0 Å². The SMILES string of the molecule is Cc1cc2ncc(C(=O)NCC(C)(C)O)c(C)n2n1. The van der Waals surface area contributed by atoms with E-state index in [4.69, 9.17) is 0 Å². The van der Waals surface area contributed by atoms with E-state index in [0.29, 0.717) is 11.2 Å². The molecule has 2 aromatic heterocycles. The molecule has 102 valence electrons. The second-order valence-corrected chi connectivity index (χ2v) is 5.31. The molecule has 6 heteroatoms. The van der Waals surface area contributed by atoms with E-state index in [-0.39, 0.29) is 12.5 Å². The number of rotatable bonds is 3. The van der Waals surface area contributed by atoms with Crippen LogP contribution in [0.4, 0.5) is 0 Å². The van der Waals surface area contributed by atoms with Gasteiger partial charge in [0, 0.05) is 18.8 Å². The van der Waals surface area contributed by atoms with Crippen molar-refractivity contribution in [1.82, 2.24) is 19.9 Å². The van der Waals surface area contributed by atoms with Crippen LogP contribution in [0.15, 0.2) is 12.3 Å². The van der Waals surface area contributed by atoms with Crippen LogP contribution in [-0.2, 0) is 0 Å². The van der Waals surface area contributed by atoms with Crippen LogP contribution in [0.3, 0.4) is 0 Å². The summed E-state index contributed by atoms with van der Waals surface area (Å²) in [6.45, 7) is 7.15. The first-order valence-corrected chi connectivity index (χ1v) is 6.10. The number of nitrogens with one attached hydrogen (secondary N) is 1. The summed E-state index contributed by atoms with van der Waals surface area (Å²) in [5.41, 5.74) is 1.81. The summed E-state index contributed by atoms with van der Waals surface area (Å²) in [4.78, 5) is 16.3. The lowest BCUT2D eigenvalue weighted by molar-refractivity contribution is 0.0693. The molecular formula is C13H18N4O2. The van der Waals surface area contributed by atoms with E-state index < -0.39 is 5.60 Å². The molecule has 19 heavy (non-hydrogen) atoms. The summed E-state index contributed by atoms with van der Waals surface area (Å²) in [6.07, 6.45) is 1.53. The van der Waals surface area contributed by atoms with Gasteiger partial charge in [0.15, 0.2) is 5.65 Å². The summed E-state index contributed by atoms with van der Waals surface area (Å²) in [6, 6.07) is 1.85. The molecule has 6 nitrogen and oxygen atoms in total. The lowest BCUT2D eigenvalue weighted by atomic mass is 10.1. The second-order valence-electron chi connectivity index (χ2n) is 5.31. The van der Waals surface area contributed by atoms with Gasteiger partial charge in [0.1, 0.15) is 0 Å². The maximum atomic E-state index is 12.1. The van der Waals surface area contributed by atoms with E-state index in [1.165, 1.54) is 6.20 Å². The Morgan fingerprint density at radius 3 is 2.79 bits per heavy atom. The van der Waals surface area contributed by atoms with E-state index in [1.54, 1.807) is 18.4 Å². The van der Waals surface area contributed by atoms with Crippen molar-refractivity contribution >= 4 is 11.6 Å². The predicted octanol–water partition coefficient (Wildman–Crippen LogP) is 0.847. The van der Waals surface area contributed by atoms with E-state index >= 15 is 0 Å². The molecule has 2 aromatic rings. The van der Waals surface area contributed by atoms with E-state index in [9.17, 15) is 9.90 Å². The molecule has 0 aromatic carbocycles. The van der Waals surface area contributed by atoms with Gasteiger partial charge < -0.3 is 10.4 Å². The standard InChI is InChI=1S/C13H18N4O2/c1-8-5-11-14-6-10(9(2)17(11)16-8)12(18)15-7-13(3,4)19/h5-6,19H,7H2,1-4H3,(H,15,18). The maximum Gasteiger partial charge on any atom is 0.254 e. The largest absolute Gasteiger partial charge is 0.389 e. The maximum absolute atomic E-state index is 12.1. The molecule has 0 unspecified atom stereocenters. The minimum Gasteiger partial charge on any atom is -0.389 e. The molecule has 0 saturated heterocycles. The van der Waals surface area contributed by atoms with Crippen LogP contribution in [-0.4, -0.2) is 37.8 Å². The van der Waals surface area contributed by atoms with Crippen molar-refractivity contribution < 1.29 is 9.90 Å². The normalized spacial score (nSPS) is 11.8. The monoisotopic (exact) mass is 262 g/mol. The van der Waals surface area contributed by atoms with E-state index in [1.807, 2.05) is 19.9 Å². The average molecular weight is 262 g/mol. The van der Waals surface area contributed by atoms with Crippen LogP contribution < -0.4 is 5.32 Å². The van der Waals surface area contributed by atoms with E-state index in [2.05, 4.69) is 15.4 Å². The third-order valence-corrected chi connectivity index (χ3v) is 2.77. The topological polar surface area (TPSA) is 79.5 Å². The zero-order valence-electron chi connectivity index (χ0n) is 11.6. The molecule has 0 spiro atoms. The van der Waals surface area contributed by atoms with Crippen LogP contribution in [0.2, 0.25) is 0 Å². The average Bonchev–Trinajstić information content (AvgIpc) is 2.67. The molecule has 0 saturated carbocycles. The molecule has 0 bridgehead atoms. The Kier molecular flexibility index (Phi) is 3.28. The molecule has 1 amide bonds.